The molecule has 16 heavy (non-hydrogen) atoms. The number of fused-ring (bicyclic) bond motifs is 1. The first kappa shape index (κ1) is 10.8. The Morgan fingerprint density at radius 2 is 2.19 bits per heavy atom. The van der Waals surface area contributed by atoms with E-state index in [2.05, 4.69) is 4.98 Å². The number of nitrogens with zero attached hydrogens (tertiary/aromatic N) is 1. The largest absolute Gasteiger partial charge is 0.360 e. The maximum atomic E-state index is 13.6. The fourth-order valence-corrected chi connectivity index (χ4v) is 1.73. The van der Waals surface area contributed by atoms with Crippen LogP contribution in [0, 0.1) is 5.82 Å². The van der Waals surface area contributed by atoms with Crippen LogP contribution in [0.15, 0.2) is 24.4 Å². The highest BCUT2D eigenvalue weighted by Crippen LogP contribution is 2.21. The number of aromatic nitrogens is 1. The smallest absolute Gasteiger partial charge is 0.179 e. The van der Waals surface area contributed by atoms with Crippen molar-refractivity contribution in [1.29, 1.82) is 0 Å². The van der Waals surface area contributed by atoms with E-state index in [1.807, 2.05) is 14.1 Å². The van der Waals surface area contributed by atoms with Crippen LogP contribution in [0.3, 0.4) is 0 Å². The Morgan fingerprint density at radius 1 is 1.44 bits per heavy atom. The summed E-state index contributed by atoms with van der Waals surface area (Å²) in [6.45, 7) is 0.279. The van der Waals surface area contributed by atoms with E-state index in [0.717, 1.165) is 0 Å². The van der Waals surface area contributed by atoms with Gasteiger partial charge in [-0.05, 0) is 26.2 Å². The van der Waals surface area contributed by atoms with Gasteiger partial charge in [0.05, 0.1) is 6.54 Å². The molecule has 0 fully saturated rings. The zero-order valence-corrected chi connectivity index (χ0v) is 9.25. The zero-order chi connectivity index (χ0) is 11.7. The zero-order valence-electron chi connectivity index (χ0n) is 9.25. The van der Waals surface area contributed by atoms with Crippen molar-refractivity contribution in [3.8, 4) is 0 Å². The highest BCUT2D eigenvalue weighted by molar-refractivity contribution is 6.08. The number of H-pyrrole nitrogens is 1. The summed E-state index contributed by atoms with van der Waals surface area (Å²) in [4.78, 5) is 16.5. The Labute approximate surface area is 92.9 Å². The van der Waals surface area contributed by atoms with E-state index in [4.69, 9.17) is 0 Å². The van der Waals surface area contributed by atoms with Gasteiger partial charge in [-0.25, -0.2) is 4.39 Å². The van der Waals surface area contributed by atoms with Crippen molar-refractivity contribution in [3.05, 3.63) is 35.8 Å². The minimum atomic E-state index is -0.360. The number of benzene rings is 1. The van der Waals surface area contributed by atoms with Gasteiger partial charge >= 0.3 is 0 Å². The summed E-state index contributed by atoms with van der Waals surface area (Å²) < 4.78 is 13.6. The van der Waals surface area contributed by atoms with Crippen LogP contribution in [-0.2, 0) is 0 Å². The number of hydrogen-bond acceptors (Lipinski definition) is 2. The van der Waals surface area contributed by atoms with Crippen molar-refractivity contribution in [2.45, 2.75) is 0 Å². The van der Waals surface area contributed by atoms with E-state index in [1.165, 1.54) is 6.07 Å². The molecule has 0 bridgehead atoms. The Morgan fingerprint density at radius 3 is 2.88 bits per heavy atom. The number of nitrogens with one attached hydrogen (secondary N) is 1. The summed E-state index contributed by atoms with van der Waals surface area (Å²) in [6.07, 6.45) is 1.57. The number of rotatable bonds is 3. The summed E-state index contributed by atoms with van der Waals surface area (Å²) in [5.41, 5.74) is 1.07. The number of Topliss-reactive ketones (excluding diaryl/α,β-unsaturated/α-hetero) is 1. The van der Waals surface area contributed by atoms with Gasteiger partial charge in [0.15, 0.2) is 5.78 Å². The van der Waals surface area contributed by atoms with Crippen LogP contribution in [0.4, 0.5) is 4.39 Å². The maximum Gasteiger partial charge on any atom is 0.179 e. The second kappa shape index (κ2) is 4.06. The topological polar surface area (TPSA) is 36.1 Å². The van der Waals surface area contributed by atoms with Gasteiger partial charge in [0.25, 0.3) is 0 Å². The van der Waals surface area contributed by atoms with E-state index in [9.17, 15) is 9.18 Å². The van der Waals surface area contributed by atoms with Gasteiger partial charge in [-0.2, -0.15) is 0 Å². The molecule has 2 aromatic rings. The number of halogens is 1. The third kappa shape index (κ3) is 1.84. The first-order valence-electron chi connectivity index (χ1n) is 5.03. The van der Waals surface area contributed by atoms with Gasteiger partial charge in [-0.3, -0.25) is 4.79 Å². The Hall–Kier alpha value is -1.68. The summed E-state index contributed by atoms with van der Waals surface area (Å²) in [5, 5.41) is 0.384. The van der Waals surface area contributed by atoms with Crippen LogP contribution in [0.5, 0.6) is 0 Å². The molecule has 1 heterocycles. The number of aromatic amines is 1. The average molecular weight is 220 g/mol. The van der Waals surface area contributed by atoms with E-state index in [-0.39, 0.29) is 18.1 Å². The molecule has 1 N–H and O–H groups in total. The van der Waals surface area contributed by atoms with Crippen molar-refractivity contribution in [1.82, 2.24) is 9.88 Å². The molecule has 0 amide bonds. The van der Waals surface area contributed by atoms with Crippen molar-refractivity contribution in [2.75, 3.05) is 20.6 Å². The quantitative estimate of drug-likeness (QED) is 0.804. The van der Waals surface area contributed by atoms with Crippen LogP contribution in [0.25, 0.3) is 10.9 Å². The molecular formula is C12H13FN2O. The lowest BCUT2D eigenvalue weighted by molar-refractivity contribution is 0.0959. The second-order valence-corrected chi connectivity index (χ2v) is 4.03. The number of ketones is 1. The van der Waals surface area contributed by atoms with E-state index >= 15 is 0 Å². The van der Waals surface area contributed by atoms with E-state index in [0.29, 0.717) is 16.5 Å². The predicted molar refractivity (Wildman–Crippen MR) is 61.1 cm³/mol. The summed E-state index contributed by atoms with van der Waals surface area (Å²) in [7, 11) is 3.62. The molecule has 0 saturated heterocycles. The van der Waals surface area contributed by atoms with Gasteiger partial charge in [0.1, 0.15) is 5.82 Å². The Bertz CT molecular complexity index is 531. The van der Waals surface area contributed by atoms with Crippen LogP contribution < -0.4 is 0 Å². The SMILES string of the molecule is CN(C)CC(=O)c1c[nH]c2cccc(F)c12. The first-order valence-corrected chi connectivity index (χ1v) is 5.03. The van der Waals surface area contributed by atoms with Crippen molar-refractivity contribution >= 4 is 16.7 Å². The third-order valence-corrected chi connectivity index (χ3v) is 2.42. The predicted octanol–water partition coefficient (Wildman–Crippen LogP) is 2.05. The van der Waals surface area contributed by atoms with Crippen LogP contribution in [0.1, 0.15) is 10.4 Å². The van der Waals surface area contributed by atoms with Crippen LogP contribution in [-0.4, -0.2) is 36.3 Å². The van der Waals surface area contributed by atoms with E-state index < -0.39 is 0 Å². The normalized spacial score (nSPS) is 11.2. The molecule has 84 valence electrons. The Kier molecular flexibility index (Phi) is 2.75. The molecular weight excluding hydrogens is 207 g/mol. The van der Waals surface area contributed by atoms with Gasteiger partial charge in [0.2, 0.25) is 0 Å². The molecule has 0 unspecified atom stereocenters. The number of carbonyl (C=O) groups is 1. The summed E-state index contributed by atoms with van der Waals surface area (Å²) in [5.74, 6) is -0.442. The monoisotopic (exact) mass is 220 g/mol. The molecule has 0 saturated carbocycles. The molecule has 0 radical (unpaired) electrons. The fourth-order valence-electron chi connectivity index (χ4n) is 1.73. The minimum absolute atomic E-state index is 0.0821. The lowest BCUT2D eigenvalue weighted by atomic mass is 10.1. The third-order valence-electron chi connectivity index (χ3n) is 2.42. The van der Waals surface area contributed by atoms with Crippen molar-refractivity contribution in [3.63, 3.8) is 0 Å². The molecule has 0 spiro atoms. The van der Waals surface area contributed by atoms with Crippen LogP contribution in [0.2, 0.25) is 0 Å². The lowest BCUT2D eigenvalue weighted by Crippen LogP contribution is -2.21. The van der Waals surface area contributed by atoms with Crippen LogP contribution >= 0.6 is 0 Å². The van der Waals surface area contributed by atoms with E-state index in [1.54, 1.807) is 23.2 Å². The molecule has 0 aliphatic rings. The van der Waals surface area contributed by atoms with Crippen molar-refractivity contribution in [2.24, 2.45) is 0 Å². The van der Waals surface area contributed by atoms with Gasteiger partial charge in [0, 0.05) is 22.7 Å². The average Bonchev–Trinajstić information content (AvgIpc) is 2.61. The first-order chi connectivity index (χ1) is 7.59. The summed E-state index contributed by atoms with van der Waals surface area (Å²) in [6, 6.07) is 4.74. The number of likely N-dealkylation sites (N-methyl/N-ethyl adjacent to an activating group) is 1. The molecule has 0 atom stereocenters. The highest BCUT2D eigenvalue weighted by atomic mass is 19.1. The molecule has 1 aromatic carbocycles. The lowest BCUT2D eigenvalue weighted by Gasteiger charge is -2.07. The number of hydrogen-bond donors (Lipinski definition) is 1. The molecule has 0 aliphatic heterocycles. The highest BCUT2D eigenvalue weighted by Gasteiger charge is 2.15. The molecule has 3 nitrogen and oxygen atoms in total. The Balaban J connectivity index is 2.49. The molecule has 1 aromatic heterocycles. The van der Waals surface area contributed by atoms with Gasteiger partial charge < -0.3 is 9.88 Å². The van der Waals surface area contributed by atoms with Gasteiger partial charge in [-0.15, -0.1) is 0 Å². The fraction of sp³-hybridized carbons (Fsp3) is 0.250. The second-order valence-electron chi connectivity index (χ2n) is 4.03. The molecule has 0 aliphatic carbocycles. The number of carbonyl (C=O) groups excluding carboxylic acids is 1. The molecule has 2 rings (SSSR count). The maximum absolute atomic E-state index is 13.6. The standard InChI is InChI=1S/C12H13FN2O/c1-15(2)7-11(16)8-6-14-10-5-3-4-9(13)12(8)10/h3-6,14H,7H2,1-2H3. The molecule has 4 heteroatoms. The summed E-state index contributed by atoms with van der Waals surface area (Å²) >= 11 is 0. The minimum Gasteiger partial charge on any atom is -0.360 e. The van der Waals surface area contributed by atoms with Crippen molar-refractivity contribution < 1.29 is 9.18 Å². The van der Waals surface area contributed by atoms with Gasteiger partial charge in [-0.1, -0.05) is 6.07 Å².